The minimum absolute atomic E-state index is 0.980. The lowest BCUT2D eigenvalue weighted by molar-refractivity contribution is 0.528. The van der Waals surface area contributed by atoms with E-state index in [9.17, 15) is 0 Å². The summed E-state index contributed by atoms with van der Waals surface area (Å²) in [5.74, 6) is 0. The molecule has 0 unspecified atom stereocenters. The minimum Gasteiger partial charge on any atom is -0.293 e. The van der Waals surface area contributed by atoms with Crippen LogP contribution in [0.1, 0.15) is 122 Å². The SMILES string of the molecule is CCCCCCCCCCCCCCCCCCCN=Cc1ccccc1. The van der Waals surface area contributed by atoms with Gasteiger partial charge in [0.15, 0.2) is 0 Å². The third-order valence-corrected chi connectivity index (χ3v) is 5.43. The largest absolute Gasteiger partial charge is 0.293 e. The van der Waals surface area contributed by atoms with Crippen molar-refractivity contribution in [3.05, 3.63) is 35.9 Å². The average molecular weight is 372 g/mol. The zero-order valence-corrected chi connectivity index (χ0v) is 18.1. The third-order valence-electron chi connectivity index (χ3n) is 5.43. The molecule has 0 aliphatic rings. The molecule has 0 heterocycles. The van der Waals surface area contributed by atoms with Gasteiger partial charge in [-0.2, -0.15) is 0 Å². The van der Waals surface area contributed by atoms with Crippen LogP contribution in [0, 0.1) is 0 Å². The summed E-state index contributed by atoms with van der Waals surface area (Å²) in [5.41, 5.74) is 1.21. The number of rotatable bonds is 19. The maximum atomic E-state index is 4.52. The first kappa shape index (κ1) is 23.9. The quantitative estimate of drug-likeness (QED) is 0.170. The van der Waals surface area contributed by atoms with Crippen molar-refractivity contribution in [3.8, 4) is 0 Å². The van der Waals surface area contributed by atoms with Gasteiger partial charge in [0.05, 0.1) is 0 Å². The Bertz CT molecular complexity index is 423. The predicted molar refractivity (Wildman–Crippen MR) is 123 cm³/mol. The van der Waals surface area contributed by atoms with Gasteiger partial charge in [0, 0.05) is 12.8 Å². The molecule has 0 bridgehead atoms. The highest BCUT2D eigenvalue weighted by Crippen LogP contribution is 2.14. The van der Waals surface area contributed by atoms with Crippen LogP contribution in [0.15, 0.2) is 35.3 Å². The summed E-state index contributed by atoms with van der Waals surface area (Å²) in [7, 11) is 0. The van der Waals surface area contributed by atoms with Crippen LogP contribution in [0.4, 0.5) is 0 Å². The number of aliphatic imine (C=N–C) groups is 1. The van der Waals surface area contributed by atoms with E-state index < -0.39 is 0 Å². The monoisotopic (exact) mass is 371 g/mol. The Labute approximate surface area is 170 Å². The fourth-order valence-electron chi connectivity index (χ4n) is 3.64. The van der Waals surface area contributed by atoms with E-state index in [1.54, 1.807) is 0 Å². The molecule has 0 fully saturated rings. The molecule has 1 nitrogen and oxygen atoms in total. The molecule has 1 heteroatoms. The van der Waals surface area contributed by atoms with Crippen LogP contribution in [0.5, 0.6) is 0 Å². The van der Waals surface area contributed by atoms with E-state index in [1.165, 1.54) is 115 Å². The van der Waals surface area contributed by atoms with Gasteiger partial charge in [0.2, 0.25) is 0 Å². The summed E-state index contributed by atoms with van der Waals surface area (Å²) in [5, 5.41) is 0. The number of unbranched alkanes of at least 4 members (excludes halogenated alkanes) is 16. The minimum atomic E-state index is 0.980. The Balaban J connectivity index is 1.71. The van der Waals surface area contributed by atoms with Gasteiger partial charge in [-0.05, 0) is 12.0 Å². The van der Waals surface area contributed by atoms with Crippen molar-refractivity contribution < 1.29 is 0 Å². The second-order valence-electron chi connectivity index (χ2n) is 8.10. The fourth-order valence-corrected chi connectivity index (χ4v) is 3.64. The normalized spacial score (nSPS) is 11.4. The van der Waals surface area contributed by atoms with E-state index in [0.717, 1.165) is 6.54 Å². The molecule has 0 spiro atoms. The van der Waals surface area contributed by atoms with Crippen LogP contribution in [-0.4, -0.2) is 12.8 Å². The molecule has 0 amide bonds. The van der Waals surface area contributed by atoms with E-state index in [4.69, 9.17) is 0 Å². The van der Waals surface area contributed by atoms with Crippen LogP contribution in [0.2, 0.25) is 0 Å². The molecule has 0 radical (unpaired) electrons. The lowest BCUT2D eigenvalue weighted by Crippen LogP contribution is -1.86. The summed E-state index contributed by atoms with van der Waals surface area (Å²) in [6.07, 6.45) is 26.3. The summed E-state index contributed by atoms with van der Waals surface area (Å²) in [6.45, 7) is 3.27. The first-order valence-electron chi connectivity index (χ1n) is 12.0. The molecule has 1 aromatic carbocycles. The molecule has 1 aromatic rings. The molecule has 27 heavy (non-hydrogen) atoms. The zero-order chi connectivity index (χ0) is 19.3. The Kier molecular flexibility index (Phi) is 17.4. The molecular formula is C26H45N. The van der Waals surface area contributed by atoms with E-state index in [-0.39, 0.29) is 0 Å². The first-order chi connectivity index (χ1) is 13.4. The highest BCUT2D eigenvalue weighted by molar-refractivity contribution is 5.79. The highest BCUT2D eigenvalue weighted by atomic mass is 14.7. The third kappa shape index (κ3) is 16.8. The standard InChI is InChI=1S/C26H45N/c1-2-3-4-5-6-7-8-9-10-11-12-13-14-15-16-17-21-24-27-25-26-22-19-18-20-23-26/h18-20,22-23,25H,2-17,21,24H2,1H3. The van der Waals surface area contributed by atoms with Crippen LogP contribution >= 0.6 is 0 Å². The van der Waals surface area contributed by atoms with Crippen LogP contribution in [-0.2, 0) is 0 Å². The molecule has 1 rings (SSSR count). The maximum Gasteiger partial charge on any atom is 0.0389 e. The molecule has 0 saturated carbocycles. The molecule has 154 valence electrons. The van der Waals surface area contributed by atoms with Gasteiger partial charge in [-0.25, -0.2) is 0 Å². The van der Waals surface area contributed by atoms with Crippen molar-refractivity contribution in [3.63, 3.8) is 0 Å². The Hall–Kier alpha value is -1.11. The number of benzene rings is 1. The van der Waals surface area contributed by atoms with Crippen LogP contribution in [0.3, 0.4) is 0 Å². The smallest absolute Gasteiger partial charge is 0.0389 e. The molecule has 0 saturated heterocycles. The Morgan fingerprint density at radius 3 is 1.41 bits per heavy atom. The molecule has 0 N–H and O–H groups in total. The number of hydrogen-bond acceptors (Lipinski definition) is 1. The van der Waals surface area contributed by atoms with E-state index >= 15 is 0 Å². The Morgan fingerprint density at radius 2 is 0.963 bits per heavy atom. The van der Waals surface area contributed by atoms with E-state index in [0.29, 0.717) is 0 Å². The van der Waals surface area contributed by atoms with Gasteiger partial charge < -0.3 is 0 Å². The Morgan fingerprint density at radius 1 is 0.556 bits per heavy atom. The lowest BCUT2D eigenvalue weighted by atomic mass is 10.0. The zero-order valence-electron chi connectivity index (χ0n) is 18.1. The maximum absolute atomic E-state index is 4.52. The van der Waals surface area contributed by atoms with Crippen molar-refractivity contribution in [1.82, 2.24) is 0 Å². The van der Waals surface area contributed by atoms with Crippen molar-refractivity contribution in [2.75, 3.05) is 6.54 Å². The molecule has 0 aromatic heterocycles. The first-order valence-corrected chi connectivity index (χ1v) is 12.0. The molecule has 0 aliphatic carbocycles. The second-order valence-corrected chi connectivity index (χ2v) is 8.10. The van der Waals surface area contributed by atoms with Crippen molar-refractivity contribution in [2.24, 2.45) is 4.99 Å². The summed E-state index contributed by atoms with van der Waals surface area (Å²) in [6, 6.07) is 10.4. The second kappa shape index (κ2) is 19.6. The fraction of sp³-hybridized carbons (Fsp3) is 0.731. The summed E-state index contributed by atoms with van der Waals surface area (Å²) < 4.78 is 0. The van der Waals surface area contributed by atoms with Gasteiger partial charge >= 0.3 is 0 Å². The number of nitrogens with zero attached hydrogens (tertiary/aromatic N) is 1. The van der Waals surface area contributed by atoms with Crippen molar-refractivity contribution >= 4 is 6.21 Å². The van der Waals surface area contributed by atoms with Crippen molar-refractivity contribution in [1.29, 1.82) is 0 Å². The van der Waals surface area contributed by atoms with Gasteiger partial charge in [0.25, 0.3) is 0 Å². The summed E-state index contributed by atoms with van der Waals surface area (Å²) in [4.78, 5) is 4.52. The topological polar surface area (TPSA) is 12.4 Å². The number of hydrogen-bond donors (Lipinski definition) is 0. The van der Waals surface area contributed by atoms with Crippen LogP contribution in [0.25, 0.3) is 0 Å². The van der Waals surface area contributed by atoms with Gasteiger partial charge in [-0.3, -0.25) is 4.99 Å². The molecule has 0 aliphatic heterocycles. The van der Waals surface area contributed by atoms with Crippen LogP contribution < -0.4 is 0 Å². The van der Waals surface area contributed by atoms with Gasteiger partial charge in [-0.1, -0.05) is 140 Å². The lowest BCUT2D eigenvalue weighted by Gasteiger charge is -2.03. The highest BCUT2D eigenvalue weighted by Gasteiger charge is 1.94. The summed E-state index contributed by atoms with van der Waals surface area (Å²) >= 11 is 0. The predicted octanol–water partition coefficient (Wildman–Crippen LogP) is 8.76. The van der Waals surface area contributed by atoms with Gasteiger partial charge in [-0.15, -0.1) is 0 Å². The van der Waals surface area contributed by atoms with E-state index in [2.05, 4.69) is 36.2 Å². The van der Waals surface area contributed by atoms with Gasteiger partial charge in [0.1, 0.15) is 0 Å². The van der Waals surface area contributed by atoms with Crippen molar-refractivity contribution in [2.45, 2.75) is 116 Å². The average Bonchev–Trinajstić information content (AvgIpc) is 2.70. The molecular weight excluding hydrogens is 326 g/mol. The molecule has 0 atom stereocenters. The van der Waals surface area contributed by atoms with E-state index in [1.807, 2.05) is 12.3 Å².